The Labute approximate surface area is 153 Å². The molecule has 0 aliphatic carbocycles. The summed E-state index contributed by atoms with van der Waals surface area (Å²) in [6, 6.07) is 16.2. The average molecular weight is 350 g/mol. The van der Waals surface area contributed by atoms with Crippen LogP contribution >= 0.6 is 11.6 Å². The molecule has 2 heterocycles. The second kappa shape index (κ2) is 6.92. The number of halogens is 1. The molecule has 0 N–H and O–H groups in total. The molecular formula is C21H20ClN3. The maximum atomic E-state index is 9.21. The largest absolute Gasteiger partial charge is 0.346 e. The highest BCUT2D eigenvalue weighted by Crippen LogP contribution is 2.31. The minimum atomic E-state index is 0.591. The van der Waals surface area contributed by atoms with Crippen molar-refractivity contribution in [2.24, 2.45) is 0 Å². The van der Waals surface area contributed by atoms with Gasteiger partial charge in [0.05, 0.1) is 11.6 Å². The molecule has 0 unspecified atom stereocenters. The molecule has 4 rings (SSSR count). The van der Waals surface area contributed by atoms with Crippen LogP contribution in [0.5, 0.6) is 0 Å². The zero-order valence-corrected chi connectivity index (χ0v) is 14.8. The summed E-state index contributed by atoms with van der Waals surface area (Å²) in [6.45, 7) is 4.56. The van der Waals surface area contributed by atoms with Gasteiger partial charge in [0.2, 0.25) is 0 Å². The molecule has 3 nitrogen and oxygen atoms in total. The van der Waals surface area contributed by atoms with Gasteiger partial charge < -0.3 is 9.47 Å². The second-order valence-corrected chi connectivity index (χ2v) is 7.07. The third-order valence-electron chi connectivity index (χ3n) is 5.01. The minimum absolute atomic E-state index is 0.591. The van der Waals surface area contributed by atoms with Crippen molar-refractivity contribution in [2.45, 2.75) is 19.4 Å². The van der Waals surface area contributed by atoms with E-state index in [2.05, 4.69) is 46.0 Å². The first-order valence-electron chi connectivity index (χ1n) is 8.76. The number of likely N-dealkylation sites (tertiary alicyclic amines) is 1. The van der Waals surface area contributed by atoms with Crippen LogP contribution in [0.2, 0.25) is 5.02 Å². The lowest BCUT2D eigenvalue weighted by Crippen LogP contribution is -2.23. The molecule has 25 heavy (non-hydrogen) atoms. The number of hydrogen-bond donors (Lipinski definition) is 0. The van der Waals surface area contributed by atoms with E-state index in [1.54, 1.807) is 6.07 Å². The third kappa shape index (κ3) is 3.28. The highest BCUT2D eigenvalue weighted by molar-refractivity contribution is 6.31. The Hall–Kier alpha value is -2.28. The highest BCUT2D eigenvalue weighted by atomic mass is 35.5. The van der Waals surface area contributed by atoms with Crippen molar-refractivity contribution in [1.29, 1.82) is 5.26 Å². The molecule has 0 saturated carbocycles. The third-order valence-corrected chi connectivity index (χ3v) is 5.23. The molecule has 4 heteroatoms. The van der Waals surface area contributed by atoms with Crippen LogP contribution in [0.15, 0.2) is 48.7 Å². The maximum absolute atomic E-state index is 9.21. The molecule has 0 amide bonds. The number of rotatable bonds is 4. The molecule has 1 aliphatic heterocycles. The van der Waals surface area contributed by atoms with E-state index in [0.29, 0.717) is 10.6 Å². The molecule has 0 spiro atoms. The summed E-state index contributed by atoms with van der Waals surface area (Å²) >= 11 is 6.20. The van der Waals surface area contributed by atoms with Crippen LogP contribution < -0.4 is 0 Å². The zero-order valence-electron chi connectivity index (χ0n) is 14.1. The fourth-order valence-corrected chi connectivity index (χ4v) is 3.97. The summed E-state index contributed by atoms with van der Waals surface area (Å²) in [6.07, 6.45) is 4.82. The van der Waals surface area contributed by atoms with E-state index >= 15 is 0 Å². The Kier molecular flexibility index (Phi) is 4.48. The van der Waals surface area contributed by atoms with Gasteiger partial charge in [-0.15, -0.1) is 0 Å². The zero-order chi connectivity index (χ0) is 17.2. The fourth-order valence-electron chi connectivity index (χ4n) is 3.74. The summed E-state index contributed by atoms with van der Waals surface area (Å²) < 4.78 is 2.33. The van der Waals surface area contributed by atoms with Gasteiger partial charge >= 0.3 is 0 Å². The normalized spacial score (nSPS) is 14.9. The van der Waals surface area contributed by atoms with E-state index in [9.17, 15) is 5.26 Å². The minimum Gasteiger partial charge on any atom is -0.346 e. The Morgan fingerprint density at radius 3 is 2.68 bits per heavy atom. The van der Waals surface area contributed by atoms with Crippen molar-refractivity contribution in [3.05, 3.63) is 59.2 Å². The summed E-state index contributed by atoms with van der Waals surface area (Å²) in [4.78, 5) is 2.53. The Morgan fingerprint density at radius 1 is 1.04 bits per heavy atom. The molecular weight excluding hydrogens is 330 g/mol. The lowest BCUT2D eigenvalue weighted by Gasteiger charge is -2.15. The molecule has 0 radical (unpaired) electrons. The molecule has 1 saturated heterocycles. The number of nitriles is 1. The van der Waals surface area contributed by atoms with Crippen LogP contribution in [0, 0.1) is 11.3 Å². The summed E-state index contributed by atoms with van der Waals surface area (Å²) in [5, 5.41) is 11.0. The highest BCUT2D eigenvalue weighted by Gasteiger charge is 2.13. The maximum Gasteiger partial charge on any atom is 0.0992 e. The molecule has 2 aromatic carbocycles. The lowest BCUT2D eigenvalue weighted by molar-refractivity contribution is 0.324. The van der Waals surface area contributed by atoms with Crippen molar-refractivity contribution < 1.29 is 0 Å². The number of hydrogen-bond acceptors (Lipinski definition) is 2. The van der Waals surface area contributed by atoms with E-state index < -0.39 is 0 Å². The van der Waals surface area contributed by atoms with Gasteiger partial charge in [0.1, 0.15) is 0 Å². The Balaban J connectivity index is 1.69. The van der Waals surface area contributed by atoms with Gasteiger partial charge in [-0.2, -0.15) is 5.26 Å². The van der Waals surface area contributed by atoms with Crippen molar-refractivity contribution >= 4 is 22.5 Å². The van der Waals surface area contributed by atoms with Crippen molar-refractivity contribution in [3.8, 4) is 17.2 Å². The van der Waals surface area contributed by atoms with Crippen LogP contribution in [0.1, 0.15) is 18.4 Å². The van der Waals surface area contributed by atoms with Crippen LogP contribution in [0.25, 0.3) is 22.0 Å². The first-order valence-corrected chi connectivity index (χ1v) is 9.14. The summed E-state index contributed by atoms with van der Waals surface area (Å²) in [5.41, 5.74) is 3.94. The molecule has 0 bridgehead atoms. The molecule has 1 aromatic heterocycles. The second-order valence-electron chi connectivity index (χ2n) is 6.64. The number of nitrogens with zero attached hydrogens (tertiary/aromatic N) is 3. The summed E-state index contributed by atoms with van der Waals surface area (Å²) in [5.74, 6) is 0. The first-order chi connectivity index (χ1) is 12.2. The molecule has 0 atom stereocenters. The van der Waals surface area contributed by atoms with Gasteiger partial charge in [0.15, 0.2) is 0 Å². The van der Waals surface area contributed by atoms with Gasteiger partial charge in [0.25, 0.3) is 0 Å². The van der Waals surface area contributed by atoms with Gasteiger partial charge in [-0.05, 0) is 67.4 Å². The molecule has 126 valence electrons. The molecule has 3 aromatic rings. The van der Waals surface area contributed by atoms with Crippen LogP contribution in [-0.4, -0.2) is 29.1 Å². The standard InChI is InChI=1S/C21H20ClN3/c22-18-13-16(15-23)12-17(14-18)19-4-3-5-21-20(19)6-9-25(21)11-10-24-7-1-2-8-24/h3-6,9,12-14H,1-2,7-8,10-11H2. The molecule has 1 aliphatic rings. The van der Waals surface area contributed by atoms with Crippen molar-refractivity contribution in [1.82, 2.24) is 9.47 Å². The van der Waals surface area contributed by atoms with E-state index in [1.807, 2.05) is 12.1 Å². The van der Waals surface area contributed by atoms with Gasteiger partial charge in [-0.1, -0.05) is 23.7 Å². The van der Waals surface area contributed by atoms with Gasteiger partial charge in [-0.3, -0.25) is 0 Å². The summed E-state index contributed by atoms with van der Waals surface area (Å²) in [7, 11) is 0. The average Bonchev–Trinajstić information content (AvgIpc) is 3.28. The Bertz CT molecular complexity index is 945. The van der Waals surface area contributed by atoms with E-state index in [0.717, 1.165) is 24.2 Å². The van der Waals surface area contributed by atoms with Crippen LogP contribution in [0.4, 0.5) is 0 Å². The number of benzene rings is 2. The van der Waals surface area contributed by atoms with Crippen LogP contribution in [-0.2, 0) is 6.54 Å². The van der Waals surface area contributed by atoms with E-state index in [1.165, 1.54) is 36.8 Å². The van der Waals surface area contributed by atoms with E-state index in [-0.39, 0.29) is 0 Å². The van der Waals surface area contributed by atoms with Crippen LogP contribution in [0.3, 0.4) is 0 Å². The smallest absolute Gasteiger partial charge is 0.0992 e. The fraction of sp³-hybridized carbons (Fsp3) is 0.286. The SMILES string of the molecule is N#Cc1cc(Cl)cc(-c2cccc3c2ccn3CCN2CCCC2)c1. The topological polar surface area (TPSA) is 32.0 Å². The molecule has 1 fully saturated rings. The predicted octanol–water partition coefficient (Wildman–Crippen LogP) is 4.93. The lowest BCUT2D eigenvalue weighted by atomic mass is 10.00. The monoisotopic (exact) mass is 349 g/mol. The number of aromatic nitrogens is 1. The number of fused-ring (bicyclic) bond motifs is 1. The van der Waals surface area contributed by atoms with Crippen molar-refractivity contribution in [3.63, 3.8) is 0 Å². The van der Waals surface area contributed by atoms with Gasteiger partial charge in [0, 0.05) is 35.2 Å². The van der Waals surface area contributed by atoms with Gasteiger partial charge in [-0.25, -0.2) is 0 Å². The van der Waals surface area contributed by atoms with E-state index in [4.69, 9.17) is 11.6 Å². The Morgan fingerprint density at radius 2 is 1.88 bits per heavy atom. The first kappa shape index (κ1) is 16.2. The van der Waals surface area contributed by atoms with Crippen molar-refractivity contribution in [2.75, 3.05) is 19.6 Å². The quantitative estimate of drug-likeness (QED) is 0.669. The predicted molar refractivity (Wildman–Crippen MR) is 103 cm³/mol.